The van der Waals surface area contributed by atoms with E-state index >= 15 is 0 Å². The van der Waals surface area contributed by atoms with Crippen molar-refractivity contribution in [3.05, 3.63) is 72.1 Å². The maximum atomic E-state index is 11.4. The second kappa shape index (κ2) is 6.91. The molecule has 0 fully saturated rings. The lowest BCUT2D eigenvalue weighted by Gasteiger charge is -2.11. The Bertz CT molecular complexity index is 846. The minimum Gasteiger partial charge on any atom is -0.872 e. The molecule has 0 atom stereocenters. The van der Waals surface area contributed by atoms with E-state index in [-0.39, 0.29) is 11.7 Å². The van der Waals surface area contributed by atoms with Crippen molar-refractivity contribution in [1.29, 1.82) is 0 Å². The normalized spacial score (nSPS) is 10.4. The zero-order chi connectivity index (χ0) is 16.9. The SMILES string of the molecule is CC(=O)Nc1ncc(-c2ccc([O-])cc2)nc1Cc1ccccc1. The van der Waals surface area contributed by atoms with E-state index in [4.69, 9.17) is 0 Å². The Morgan fingerprint density at radius 1 is 1.08 bits per heavy atom. The summed E-state index contributed by atoms with van der Waals surface area (Å²) in [5, 5.41) is 14.0. The number of aromatic nitrogens is 2. The molecule has 24 heavy (non-hydrogen) atoms. The van der Waals surface area contributed by atoms with Gasteiger partial charge in [-0.2, -0.15) is 0 Å². The highest BCUT2D eigenvalue weighted by Gasteiger charge is 2.11. The summed E-state index contributed by atoms with van der Waals surface area (Å²) in [4.78, 5) is 20.4. The highest BCUT2D eigenvalue weighted by molar-refractivity contribution is 5.88. The highest BCUT2D eigenvalue weighted by atomic mass is 16.3. The molecule has 0 unspecified atom stereocenters. The van der Waals surface area contributed by atoms with Crippen LogP contribution in [0.2, 0.25) is 0 Å². The third-order valence-electron chi connectivity index (χ3n) is 3.50. The van der Waals surface area contributed by atoms with Gasteiger partial charge in [0, 0.05) is 18.9 Å². The van der Waals surface area contributed by atoms with E-state index in [1.807, 2.05) is 30.3 Å². The van der Waals surface area contributed by atoms with Crippen LogP contribution in [0.25, 0.3) is 11.3 Å². The van der Waals surface area contributed by atoms with E-state index in [1.165, 1.54) is 19.1 Å². The average molecular weight is 318 g/mol. The van der Waals surface area contributed by atoms with Gasteiger partial charge < -0.3 is 10.4 Å². The van der Waals surface area contributed by atoms with Crippen LogP contribution in [0, 0.1) is 0 Å². The van der Waals surface area contributed by atoms with Crippen LogP contribution in [0.1, 0.15) is 18.2 Å². The van der Waals surface area contributed by atoms with Crippen molar-refractivity contribution in [2.45, 2.75) is 13.3 Å². The maximum absolute atomic E-state index is 11.4. The predicted molar refractivity (Wildman–Crippen MR) is 90.5 cm³/mol. The number of benzene rings is 2. The van der Waals surface area contributed by atoms with Crippen molar-refractivity contribution < 1.29 is 9.90 Å². The fourth-order valence-electron chi connectivity index (χ4n) is 2.38. The topological polar surface area (TPSA) is 77.9 Å². The van der Waals surface area contributed by atoms with Crippen LogP contribution < -0.4 is 10.4 Å². The number of carbonyl (C=O) groups excluding carboxylic acids is 1. The van der Waals surface area contributed by atoms with Crippen LogP contribution >= 0.6 is 0 Å². The van der Waals surface area contributed by atoms with Gasteiger partial charge in [0.15, 0.2) is 5.82 Å². The molecule has 2 aromatic carbocycles. The number of anilines is 1. The molecule has 0 aliphatic carbocycles. The van der Waals surface area contributed by atoms with Crippen LogP contribution in [0.4, 0.5) is 5.82 Å². The molecular weight excluding hydrogens is 302 g/mol. The third-order valence-corrected chi connectivity index (χ3v) is 3.50. The molecule has 1 N–H and O–H groups in total. The molecule has 1 aromatic heterocycles. The summed E-state index contributed by atoms with van der Waals surface area (Å²) in [7, 11) is 0. The number of hydrogen-bond donors (Lipinski definition) is 1. The zero-order valence-corrected chi connectivity index (χ0v) is 13.2. The number of amides is 1. The van der Waals surface area contributed by atoms with Gasteiger partial charge in [0.05, 0.1) is 17.6 Å². The lowest BCUT2D eigenvalue weighted by Crippen LogP contribution is -2.12. The first-order chi connectivity index (χ1) is 11.6. The van der Waals surface area contributed by atoms with Gasteiger partial charge in [-0.3, -0.25) is 4.79 Å². The van der Waals surface area contributed by atoms with Crippen molar-refractivity contribution in [2.75, 3.05) is 5.32 Å². The van der Waals surface area contributed by atoms with Crippen LogP contribution in [0.15, 0.2) is 60.8 Å². The lowest BCUT2D eigenvalue weighted by atomic mass is 10.1. The molecule has 0 bridgehead atoms. The Balaban J connectivity index is 1.99. The van der Waals surface area contributed by atoms with Crippen LogP contribution in [-0.4, -0.2) is 15.9 Å². The molecule has 5 heteroatoms. The molecule has 0 aliphatic rings. The van der Waals surface area contributed by atoms with Crippen molar-refractivity contribution >= 4 is 11.7 Å². The molecule has 1 heterocycles. The molecule has 0 saturated carbocycles. The molecule has 0 spiro atoms. The van der Waals surface area contributed by atoms with Gasteiger partial charge in [0.1, 0.15) is 0 Å². The van der Waals surface area contributed by atoms with Crippen molar-refractivity contribution in [1.82, 2.24) is 9.97 Å². The van der Waals surface area contributed by atoms with Gasteiger partial charge in [-0.15, -0.1) is 5.75 Å². The van der Waals surface area contributed by atoms with Crippen molar-refractivity contribution in [3.8, 4) is 17.0 Å². The van der Waals surface area contributed by atoms with Gasteiger partial charge in [0.2, 0.25) is 5.91 Å². The Morgan fingerprint density at radius 3 is 2.46 bits per heavy atom. The number of hydrogen-bond acceptors (Lipinski definition) is 4. The number of carbonyl (C=O) groups is 1. The number of rotatable bonds is 4. The Kier molecular flexibility index (Phi) is 4.52. The summed E-state index contributed by atoms with van der Waals surface area (Å²) < 4.78 is 0. The summed E-state index contributed by atoms with van der Waals surface area (Å²) >= 11 is 0. The van der Waals surface area contributed by atoms with E-state index in [2.05, 4.69) is 15.3 Å². The summed E-state index contributed by atoms with van der Waals surface area (Å²) in [6, 6.07) is 16.3. The quantitative estimate of drug-likeness (QED) is 0.802. The minimum absolute atomic E-state index is 0.0499. The minimum atomic E-state index is -0.193. The van der Waals surface area contributed by atoms with E-state index in [1.54, 1.807) is 18.3 Å². The first kappa shape index (κ1) is 15.7. The van der Waals surface area contributed by atoms with Crippen molar-refractivity contribution in [2.24, 2.45) is 0 Å². The lowest BCUT2D eigenvalue weighted by molar-refractivity contribution is -0.268. The Morgan fingerprint density at radius 2 is 1.79 bits per heavy atom. The van der Waals surface area contributed by atoms with Gasteiger partial charge in [-0.05, 0) is 5.56 Å². The van der Waals surface area contributed by atoms with Gasteiger partial charge in [-0.25, -0.2) is 9.97 Å². The molecular formula is C19H16N3O2-. The molecule has 3 aromatic rings. The molecule has 0 saturated heterocycles. The summed E-state index contributed by atoms with van der Waals surface area (Å²) in [6.07, 6.45) is 2.15. The largest absolute Gasteiger partial charge is 0.872 e. The van der Waals surface area contributed by atoms with Crippen LogP contribution in [0.3, 0.4) is 0 Å². The first-order valence-corrected chi connectivity index (χ1v) is 7.57. The second-order valence-corrected chi connectivity index (χ2v) is 5.42. The molecule has 0 radical (unpaired) electrons. The van der Waals surface area contributed by atoms with Crippen molar-refractivity contribution in [3.63, 3.8) is 0 Å². The summed E-state index contributed by atoms with van der Waals surface area (Å²) in [5.74, 6) is 0.212. The van der Waals surface area contributed by atoms with Crippen LogP contribution in [-0.2, 0) is 11.2 Å². The first-order valence-electron chi connectivity index (χ1n) is 7.57. The number of nitrogens with zero attached hydrogens (tertiary/aromatic N) is 2. The molecule has 120 valence electrons. The number of nitrogens with one attached hydrogen (secondary N) is 1. The fourth-order valence-corrected chi connectivity index (χ4v) is 2.38. The highest BCUT2D eigenvalue weighted by Crippen LogP contribution is 2.22. The average Bonchev–Trinajstić information content (AvgIpc) is 2.58. The maximum Gasteiger partial charge on any atom is 0.222 e. The van der Waals surface area contributed by atoms with Gasteiger partial charge in [0.25, 0.3) is 0 Å². The second-order valence-electron chi connectivity index (χ2n) is 5.42. The van der Waals surface area contributed by atoms with E-state index < -0.39 is 0 Å². The summed E-state index contributed by atoms with van der Waals surface area (Å²) in [6.45, 7) is 1.44. The standard InChI is InChI=1S/C19H17N3O2/c1-13(23)21-19-17(11-14-5-3-2-4-6-14)22-18(12-20-19)15-7-9-16(24)10-8-15/h2-10,12,24H,11H2,1H3,(H,20,21,23)/p-1. The van der Waals surface area contributed by atoms with Gasteiger partial charge >= 0.3 is 0 Å². The monoisotopic (exact) mass is 318 g/mol. The molecule has 3 rings (SSSR count). The van der Waals surface area contributed by atoms with E-state index in [0.29, 0.717) is 23.6 Å². The Hall–Kier alpha value is -3.21. The summed E-state index contributed by atoms with van der Waals surface area (Å²) in [5.41, 5.74) is 3.23. The molecule has 0 aliphatic heterocycles. The zero-order valence-electron chi connectivity index (χ0n) is 13.2. The molecule has 1 amide bonds. The smallest absolute Gasteiger partial charge is 0.222 e. The Labute approximate surface area is 140 Å². The third kappa shape index (κ3) is 3.76. The predicted octanol–water partition coefficient (Wildman–Crippen LogP) is 2.77. The van der Waals surface area contributed by atoms with E-state index in [0.717, 1.165) is 11.1 Å². The van der Waals surface area contributed by atoms with E-state index in [9.17, 15) is 9.90 Å². The van der Waals surface area contributed by atoms with Crippen LogP contribution in [0.5, 0.6) is 5.75 Å². The fraction of sp³-hybridized carbons (Fsp3) is 0.105. The molecule has 5 nitrogen and oxygen atoms in total. The van der Waals surface area contributed by atoms with Gasteiger partial charge in [-0.1, -0.05) is 54.6 Å².